The summed E-state index contributed by atoms with van der Waals surface area (Å²) >= 11 is 0. The molecule has 0 aromatic heterocycles. The van der Waals surface area contributed by atoms with Crippen molar-refractivity contribution >= 4 is 18.0 Å². The van der Waals surface area contributed by atoms with Gasteiger partial charge in [-0.05, 0) is 6.42 Å². The van der Waals surface area contributed by atoms with Crippen LogP contribution in [0.5, 0.6) is 0 Å². The lowest BCUT2D eigenvalue weighted by atomic mass is 10.2. The maximum absolute atomic E-state index is 11.8. The number of aliphatic hydroxyl groups is 1. The molecule has 0 saturated heterocycles. The smallest absolute Gasteiger partial charge is 0.326 e. The van der Waals surface area contributed by atoms with Gasteiger partial charge < -0.3 is 25.2 Å². The van der Waals surface area contributed by atoms with E-state index >= 15 is 0 Å². The van der Waals surface area contributed by atoms with E-state index in [0.29, 0.717) is 13.0 Å². The van der Waals surface area contributed by atoms with Crippen LogP contribution in [0.2, 0.25) is 0 Å². The van der Waals surface area contributed by atoms with Gasteiger partial charge >= 0.3 is 18.0 Å². The second-order valence-electron chi connectivity index (χ2n) is 3.83. The number of amides is 2. The van der Waals surface area contributed by atoms with Crippen molar-refractivity contribution in [2.45, 2.75) is 25.8 Å². The van der Waals surface area contributed by atoms with Crippen LogP contribution < -0.4 is 5.32 Å². The molecule has 0 radical (unpaired) electrons. The first-order valence-corrected chi connectivity index (χ1v) is 5.92. The molecule has 0 aliphatic heterocycles. The Morgan fingerprint density at radius 1 is 1.32 bits per heavy atom. The highest BCUT2D eigenvalue weighted by Crippen LogP contribution is 1.99. The highest BCUT2D eigenvalue weighted by atomic mass is 16.5. The predicted octanol–water partition coefficient (Wildman–Crippen LogP) is -0.583. The van der Waals surface area contributed by atoms with Gasteiger partial charge in [0.05, 0.1) is 20.1 Å². The molecule has 110 valence electrons. The number of hydrogen-bond acceptors (Lipinski definition) is 5. The van der Waals surface area contributed by atoms with Crippen LogP contribution in [0.3, 0.4) is 0 Å². The van der Waals surface area contributed by atoms with Crippen LogP contribution >= 0.6 is 0 Å². The third-order valence-electron chi connectivity index (χ3n) is 2.34. The molecule has 19 heavy (non-hydrogen) atoms. The van der Waals surface area contributed by atoms with Crippen LogP contribution in [0.25, 0.3) is 0 Å². The van der Waals surface area contributed by atoms with Gasteiger partial charge in [-0.3, -0.25) is 4.79 Å². The van der Waals surface area contributed by atoms with Gasteiger partial charge in [0.25, 0.3) is 0 Å². The Labute approximate surface area is 111 Å². The summed E-state index contributed by atoms with van der Waals surface area (Å²) in [6.45, 7) is 2.12. The zero-order chi connectivity index (χ0) is 14.8. The van der Waals surface area contributed by atoms with Gasteiger partial charge in [0.1, 0.15) is 6.04 Å². The molecule has 0 aliphatic carbocycles. The summed E-state index contributed by atoms with van der Waals surface area (Å²) < 4.78 is 4.36. The lowest BCUT2D eigenvalue weighted by Gasteiger charge is -2.23. The Kier molecular flexibility index (Phi) is 8.27. The van der Waals surface area contributed by atoms with Crippen LogP contribution in [0, 0.1) is 0 Å². The lowest BCUT2D eigenvalue weighted by Crippen LogP contribution is -2.49. The minimum absolute atomic E-state index is 0.101. The van der Waals surface area contributed by atoms with E-state index in [1.807, 2.05) is 6.92 Å². The van der Waals surface area contributed by atoms with Crippen molar-refractivity contribution in [3.8, 4) is 0 Å². The number of urea groups is 1. The van der Waals surface area contributed by atoms with Gasteiger partial charge in [-0.25, -0.2) is 9.59 Å². The number of esters is 1. The third kappa shape index (κ3) is 6.61. The number of nitrogens with zero attached hydrogens (tertiary/aromatic N) is 1. The second-order valence-corrected chi connectivity index (χ2v) is 3.83. The molecule has 0 aromatic rings. The molecule has 2 amide bonds. The maximum Gasteiger partial charge on any atom is 0.326 e. The zero-order valence-electron chi connectivity index (χ0n) is 11.1. The summed E-state index contributed by atoms with van der Waals surface area (Å²) in [7, 11) is 1.14. The quantitative estimate of drug-likeness (QED) is 0.511. The minimum atomic E-state index is -1.35. The topological polar surface area (TPSA) is 116 Å². The number of ether oxygens (including phenoxy) is 1. The van der Waals surface area contributed by atoms with Gasteiger partial charge in [0.15, 0.2) is 0 Å². The molecule has 0 heterocycles. The van der Waals surface area contributed by atoms with E-state index in [2.05, 4.69) is 10.1 Å². The fourth-order valence-electron chi connectivity index (χ4n) is 1.40. The summed E-state index contributed by atoms with van der Waals surface area (Å²) in [5.41, 5.74) is 0. The largest absolute Gasteiger partial charge is 0.480 e. The summed E-state index contributed by atoms with van der Waals surface area (Å²) in [5.74, 6) is -2.05. The number of aliphatic hydroxyl groups excluding tert-OH is 1. The molecular weight excluding hydrogens is 256 g/mol. The molecule has 8 heteroatoms. The fraction of sp³-hybridized carbons (Fsp3) is 0.727. The summed E-state index contributed by atoms with van der Waals surface area (Å²) in [6, 6.07) is -1.98. The Balaban J connectivity index is 4.59. The summed E-state index contributed by atoms with van der Waals surface area (Å²) in [4.78, 5) is 35.1. The number of carbonyl (C=O) groups excluding carboxylic acids is 2. The van der Waals surface area contributed by atoms with Crippen molar-refractivity contribution in [1.29, 1.82) is 0 Å². The highest BCUT2D eigenvalue weighted by molar-refractivity contribution is 5.86. The molecular formula is C11H20N2O6. The van der Waals surface area contributed by atoms with E-state index in [-0.39, 0.29) is 13.2 Å². The van der Waals surface area contributed by atoms with E-state index in [0.717, 1.165) is 7.11 Å². The molecule has 0 saturated carbocycles. The van der Waals surface area contributed by atoms with Crippen molar-refractivity contribution < 1.29 is 29.3 Å². The third-order valence-corrected chi connectivity index (χ3v) is 2.34. The van der Waals surface area contributed by atoms with Gasteiger partial charge in [-0.1, -0.05) is 6.92 Å². The van der Waals surface area contributed by atoms with Crippen LogP contribution in [0.4, 0.5) is 4.79 Å². The van der Waals surface area contributed by atoms with Crippen LogP contribution in [-0.2, 0) is 14.3 Å². The number of methoxy groups -OCH3 is 1. The van der Waals surface area contributed by atoms with Crippen molar-refractivity contribution in [1.82, 2.24) is 10.2 Å². The van der Waals surface area contributed by atoms with Gasteiger partial charge in [0, 0.05) is 13.1 Å². The van der Waals surface area contributed by atoms with Crippen molar-refractivity contribution in [3.63, 3.8) is 0 Å². The van der Waals surface area contributed by atoms with E-state index in [9.17, 15) is 14.4 Å². The average Bonchev–Trinajstić information content (AvgIpc) is 2.37. The number of carboxylic acid groups (broad SMARTS) is 1. The van der Waals surface area contributed by atoms with E-state index in [1.54, 1.807) is 0 Å². The molecule has 3 N–H and O–H groups in total. The first-order chi connectivity index (χ1) is 8.96. The van der Waals surface area contributed by atoms with Crippen LogP contribution in [0.15, 0.2) is 0 Å². The van der Waals surface area contributed by atoms with Gasteiger partial charge in [-0.15, -0.1) is 0 Å². The molecule has 0 spiro atoms. The molecule has 0 bridgehead atoms. The Bertz CT molecular complexity index is 314. The lowest BCUT2D eigenvalue weighted by molar-refractivity contribution is -0.147. The monoisotopic (exact) mass is 276 g/mol. The highest BCUT2D eigenvalue weighted by Gasteiger charge is 2.25. The number of carboxylic acids is 1. The van der Waals surface area contributed by atoms with Crippen LogP contribution in [-0.4, -0.2) is 65.9 Å². The summed E-state index contributed by atoms with van der Waals surface area (Å²) in [6.07, 6.45) is 0.221. The average molecular weight is 276 g/mol. The Morgan fingerprint density at radius 3 is 2.37 bits per heavy atom. The van der Waals surface area contributed by atoms with Crippen molar-refractivity contribution in [2.75, 3.05) is 26.8 Å². The zero-order valence-corrected chi connectivity index (χ0v) is 11.1. The standard InChI is InChI=1S/C11H20N2O6/c1-3-4-13(5-6-14)11(18)12-8(10(16)17)7-9(15)19-2/h8,14H,3-7H2,1-2H3,(H,12,18)(H,16,17)/t8-/m0/s1. The minimum Gasteiger partial charge on any atom is -0.480 e. The number of hydrogen-bond donors (Lipinski definition) is 3. The number of nitrogens with one attached hydrogen (secondary N) is 1. The Hall–Kier alpha value is -1.83. The molecule has 0 aromatic carbocycles. The first kappa shape index (κ1) is 17.2. The normalized spacial score (nSPS) is 11.5. The predicted molar refractivity (Wildman–Crippen MR) is 65.5 cm³/mol. The molecule has 0 fully saturated rings. The number of rotatable bonds is 8. The van der Waals surface area contributed by atoms with Crippen molar-refractivity contribution in [2.24, 2.45) is 0 Å². The van der Waals surface area contributed by atoms with Gasteiger partial charge in [0.2, 0.25) is 0 Å². The van der Waals surface area contributed by atoms with E-state index < -0.39 is 30.4 Å². The molecule has 8 nitrogen and oxygen atoms in total. The number of carbonyl (C=O) groups is 3. The maximum atomic E-state index is 11.8. The number of aliphatic carboxylic acids is 1. The summed E-state index contributed by atoms with van der Waals surface area (Å²) in [5, 5.41) is 20.0. The van der Waals surface area contributed by atoms with E-state index in [4.69, 9.17) is 10.2 Å². The fourth-order valence-corrected chi connectivity index (χ4v) is 1.40. The molecule has 0 rings (SSSR count). The van der Waals surface area contributed by atoms with Crippen molar-refractivity contribution in [3.05, 3.63) is 0 Å². The SMILES string of the molecule is CCCN(CCO)C(=O)N[C@@H](CC(=O)OC)C(=O)O. The molecule has 0 aliphatic rings. The van der Waals surface area contributed by atoms with Crippen LogP contribution in [0.1, 0.15) is 19.8 Å². The Morgan fingerprint density at radius 2 is 1.95 bits per heavy atom. The first-order valence-electron chi connectivity index (χ1n) is 5.92. The molecule has 0 unspecified atom stereocenters. The van der Waals surface area contributed by atoms with Gasteiger partial charge in [-0.2, -0.15) is 0 Å². The van der Waals surface area contributed by atoms with E-state index in [1.165, 1.54) is 4.90 Å². The second kappa shape index (κ2) is 9.15. The molecule has 1 atom stereocenters.